The first-order valence-electron chi connectivity index (χ1n) is 7.20. The fourth-order valence-electron chi connectivity index (χ4n) is 2.85. The highest BCUT2D eigenvalue weighted by molar-refractivity contribution is 7.88. The maximum Gasteiger partial charge on any atom is 0.216 e. The first-order chi connectivity index (χ1) is 9.35. The number of benzene rings is 1. The van der Waals surface area contributed by atoms with E-state index in [-0.39, 0.29) is 11.8 Å². The number of rotatable bonds is 4. The lowest BCUT2D eigenvalue weighted by Gasteiger charge is -2.32. The predicted molar refractivity (Wildman–Crippen MR) is 82.6 cm³/mol. The Hall–Kier alpha value is -1.07. The SMILES string of the molecule is CC1CCC(NS(=O)(=O)Cc2cccc(N)c2)CC1C. The van der Waals surface area contributed by atoms with E-state index in [9.17, 15) is 8.42 Å². The summed E-state index contributed by atoms with van der Waals surface area (Å²) in [4.78, 5) is 0. The van der Waals surface area contributed by atoms with Crippen LogP contribution < -0.4 is 10.5 Å². The van der Waals surface area contributed by atoms with Crippen molar-refractivity contribution in [1.29, 1.82) is 0 Å². The smallest absolute Gasteiger partial charge is 0.216 e. The summed E-state index contributed by atoms with van der Waals surface area (Å²) in [6, 6.07) is 7.12. The van der Waals surface area contributed by atoms with Gasteiger partial charge >= 0.3 is 0 Å². The Morgan fingerprint density at radius 3 is 2.65 bits per heavy atom. The zero-order valence-corrected chi connectivity index (χ0v) is 13.0. The largest absolute Gasteiger partial charge is 0.399 e. The molecule has 0 radical (unpaired) electrons. The van der Waals surface area contributed by atoms with Gasteiger partial charge in [0.15, 0.2) is 0 Å². The molecule has 0 aromatic heterocycles. The van der Waals surface area contributed by atoms with Gasteiger partial charge in [-0.15, -0.1) is 0 Å². The second-order valence-electron chi connectivity index (χ2n) is 6.09. The molecule has 112 valence electrons. The molecule has 1 aromatic rings. The number of sulfonamides is 1. The third-order valence-corrected chi connectivity index (χ3v) is 5.66. The highest BCUT2D eigenvalue weighted by Crippen LogP contribution is 2.29. The molecule has 0 aliphatic heterocycles. The minimum Gasteiger partial charge on any atom is -0.399 e. The molecule has 0 saturated heterocycles. The van der Waals surface area contributed by atoms with Crippen LogP contribution in [0.3, 0.4) is 0 Å². The Morgan fingerprint density at radius 2 is 2.00 bits per heavy atom. The van der Waals surface area contributed by atoms with Crippen LogP contribution in [-0.2, 0) is 15.8 Å². The summed E-state index contributed by atoms with van der Waals surface area (Å²) in [5.74, 6) is 1.26. The summed E-state index contributed by atoms with van der Waals surface area (Å²) in [6.07, 6.45) is 2.95. The molecule has 1 aliphatic carbocycles. The Labute approximate surface area is 121 Å². The lowest BCUT2D eigenvalue weighted by atomic mass is 9.79. The van der Waals surface area contributed by atoms with Crippen LogP contribution in [0.4, 0.5) is 5.69 Å². The Morgan fingerprint density at radius 1 is 1.25 bits per heavy atom. The molecule has 1 aliphatic rings. The highest BCUT2D eigenvalue weighted by atomic mass is 32.2. The summed E-state index contributed by atoms with van der Waals surface area (Å²) in [7, 11) is -3.30. The van der Waals surface area contributed by atoms with Crippen LogP contribution in [-0.4, -0.2) is 14.5 Å². The Kier molecular flexibility index (Phi) is 4.70. The van der Waals surface area contributed by atoms with E-state index in [1.807, 2.05) is 0 Å². The minimum absolute atomic E-state index is 0.00151. The highest BCUT2D eigenvalue weighted by Gasteiger charge is 2.27. The standard InChI is InChI=1S/C15H24N2O2S/c1-11-6-7-15(8-12(11)2)17-20(18,19)10-13-4-3-5-14(16)9-13/h3-5,9,11-12,15,17H,6-8,10,16H2,1-2H3. The summed E-state index contributed by atoms with van der Waals surface area (Å²) in [5.41, 5.74) is 7.01. The number of hydrogen-bond acceptors (Lipinski definition) is 3. The van der Waals surface area contributed by atoms with E-state index in [4.69, 9.17) is 5.73 Å². The quantitative estimate of drug-likeness (QED) is 0.839. The fraction of sp³-hybridized carbons (Fsp3) is 0.600. The van der Waals surface area contributed by atoms with Gasteiger partial charge in [0, 0.05) is 11.7 Å². The molecule has 0 bridgehead atoms. The molecule has 2 rings (SSSR count). The molecule has 5 heteroatoms. The number of hydrogen-bond donors (Lipinski definition) is 2. The molecular formula is C15H24N2O2S. The van der Waals surface area contributed by atoms with E-state index >= 15 is 0 Å². The van der Waals surface area contributed by atoms with Crippen LogP contribution in [0.1, 0.15) is 38.7 Å². The van der Waals surface area contributed by atoms with Gasteiger partial charge in [-0.2, -0.15) is 0 Å². The molecule has 4 nitrogen and oxygen atoms in total. The zero-order chi connectivity index (χ0) is 14.8. The van der Waals surface area contributed by atoms with Gasteiger partial charge in [0.25, 0.3) is 0 Å². The minimum atomic E-state index is -3.30. The number of anilines is 1. The van der Waals surface area contributed by atoms with Crippen molar-refractivity contribution in [2.75, 3.05) is 5.73 Å². The van der Waals surface area contributed by atoms with Crippen LogP contribution in [0, 0.1) is 11.8 Å². The monoisotopic (exact) mass is 296 g/mol. The number of nitrogens with one attached hydrogen (secondary N) is 1. The number of nitrogens with two attached hydrogens (primary N) is 1. The van der Waals surface area contributed by atoms with Gasteiger partial charge in [0.2, 0.25) is 10.0 Å². The molecule has 0 heterocycles. The van der Waals surface area contributed by atoms with E-state index in [1.165, 1.54) is 0 Å². The van der Waals surface area contributed by atoms with Gasteiger partial charge in [-0.1, -0.05) is 26.0 Å². The molecule has 1 fully saturated rings. The molecule has 1 saturated carbocycles. The van der Waals surface area contributed by atoms with Gasteiger partial charge in [0.1, 0.15) is 0 Å². The van der Waals surface area contributed by atoms with Gasteiger partial charge in [0.05, 0.1) is 5.75 Å². The normalized spacial score (nSPS) is 27.4. The lowest BCUT2D eigenvalue weighted by Crippen LogP contribution is -2.40. The van der Waals surface area contributed by atoms with Gasteiger partial charge in [-0.05, 0) is 48.8 Å². The first-order valence-corrected chi connectivity index (χ1v) is 8.85. The predicted octanol–water partition coefficient (Wildman–Crippen LogP) is 2.51. The van der Waals surface area contributed by atoms with E-state index < -0.39 is 10.0 Å². The average Bonchev–Trinajstić information content (AvgIpc) is 2.33. The zero-order valence-electron chi connectivity index (χ0n) is 12.2. The van der Waals surface area contributed by atoms with E-state index in [0.717, 1.165) is 24.8 Å². The van der Waals surface area contributed by atoms with Crippen molar-refractivity contribution in [3.05, 3.63) is 29.8 Å². The second-order valence-corrected chi connectivity index (χ2v) is 7.84. The molecule has 0 spiro atoms. The van der Waals surface area contributed by atoms with Gasteiger partial charge < -0.3 is 5.73 Å². The van der Waals surface area contributed by atoms with Crippen molar-refractivity contribution in [2.24, 2.45) is 11.8 Å². The maximum absolute atomic E-state index is 12.2. The van der Waals surface area contributed by atoms with Crippen molar-refractivity contribution in [3.63, 3.8) is 0 Å². The van der Waals surface area contributed by atoms with Crippen LogP contribution >= 0.6 is 0 Å². The van der Waals surface area contributed by atoms with Crippen LogP contribution in [0.5, 0.6) is 0 Å². The molecule has 3 atom stereocenters. The average molecular weight is 296 g/mol. The molecular weight excluding hydrogens is 272 g/mol. The van der Waals surface area contributed by atoms with Gasteiger partial charge in [-0.25, -0.2) is 13.1 Å². The Balaban J connectivity index is 1.97. The first kappa shape index (κ1) is 15.3. The van der Waals surface area contributed by atoms with Gasteiger partial charge in [-0.3, -0.25) is 0 Å². The molecule has 1 aromatic carbocycles. The maximum atomic E-state index is 12.2. The van der Waals surface area contributed by atoms with Crippen molar-refractivity contribution < 1.29 is 8.42 Å². The van der Waals surface area contributed by atoms with Crippen molar-refractivity contribution >= 4 is 15.7 Å². The Bertz CT molecular complexity index is 557. The molecule has 3 N–H and O–H groups in total. The van der Waals surface area contributed by atoms with Crippen molar-refractivity contribution in [2.45, 2.75) is 44.9 Å². The summed E-state index contributed by atoms with van der Waals surface area (Å²) >= 11 is 0. The van der Waals surface area contributed by atoms with E-state index in [1.54, 1.807) is 24.3 Å². The molecule has 0 amide bonds. The second kappa shape index (κ2) is 6.14. The van der Waals surface area contributed by atoms with Crippen LogP contribution in [0.2, 0.25) is 0 Å². The fourth-order valence-corrected chi connectivity index (χ4v) is 4.28. The summed E-state index contributed by atoms with van der Waals surface area (Å²) < 4.78 is 27.3. The van der Waals surface area contributed by atoms with E-state index in [2.05, 4.69) is 18.6 Å². The van der Waals surface area contributed by atoms with E-state index in [0.29, 0.717) is 17.5 Å². The topological polar surface area (TPSA) is 72.2 Å². The number of nitrogen functional groups attached to an aromatic ring is 1. The summed E-state index contributed by atoms with van der Waals surface area (Å²) in [5, 5.41) is 0. The van der Waals surface area contributed by atoms with Crippen molar-refractivity contribution in [3.8, 4) is 0 Å². The van der Waals surface area contributed by atoms with Crippen LogP contribution in [0.25, 0.3) is 0 Å². The molecule has 20 heavy (non-hydrogen) atoms. The third kappa shape index (κ3) is 4.21. The summed E-state index contributed by atoms with van der Waals surface area (Å²) in [6.45, 7) is 4.44. The van der Waals surface area contributed by atoms with Crippen molar-refractivity contribution in [1.82, 2.24) is 4.72 Å². The van der Waals surface area contributed by atoms with Crippen LogP contribution in [0.15, 0.2) is 24.3 Å². The third-order valence-electron chi connectivity index (χ3n) is 4.25. The molecule has 3 unspecified atom stereocenters. The lowest BCUT2D eigenvalue weighted by molar-refractivity contribution is 0.242.